The molecule has 1 aromatic heterocycles. The number of carbonyl (C=O) groups excluding carboxylic acids is 1. The Kier molecular flexibility index (Phi) is 5.72. The van der Waals surface area contributed by atoms with E-state index in [9.17, 15) is 4.79 Å². The number of rotatable bonds is 3. The van der Waals surface area contributed by atoms with Crippen LogP contribution < -0.4 is 10.3 Å². The van der Waals surface area contributed by atoms with Gasteiger partial charge in [-0.3, -0.25) is 9.78 Å². The number of nitrogens with zero attached hydrogens (tertiary/aromatic N) is 3. The topological polar surface area (TPSA) is 57.6 Å². The molecule has 5 nitrogen and oxygen atoms in total. The van der Waals surface area contributed by atoms with Crippen molar-refractivity contribution in [2.24, 2.45) is 5.10 Å². The third kappa shape index (κ3) is 3.89. The number of hydrazone groups is 1. The van der Waals surface area contributed by atoms with Gasteiger partial charge in [0.25, 0.3) is 5.91 Å². The predicted molar refractivity (Wildman–Crippen MR) is 87.6 cm³/mol. The van der Waals surface area contributed by atoms with E-state index in [2.05, 4.69) is 20.4 Å². The van der Waals surface area contributed by atoms with E-state index in [0.717, 1.165) is 23.2 Å². The van der Waals surface area contributed by atoms with Crippen LogP contribution in [-0.2, 0) is 0 Å². The van der Waals surface area contributed by atoms with Gasteiger partial charge in [-0.1, -0.05) is 0 Å². The van der Waals surface area contributed by atoms with E-state index in [1.165, 1.54) is 36.4 Å². The fraction of sp³-hybridized carbons (Fsp3) is 0.462. The molecule has 0 bridgehead atoms. The number of anilines is 1. The van der Waals surface area contributed by atoms with Crippen molar-refractivity contribution in [3.05, 3.63) is 24.0 Å². The molecule has 2 heterocycles. The molecule has 108 valence electrons. The molecule has 1 fully saturated rings. The fourth-order valence-electron chi connectivity index (χ4n) is 2.04. The summed E-state index contributed by atoms with van der Waals surface area (Å²) in [4.78, 5) is 18.4. The zero-order chi connectivity index (χ0) is 14.4. The van der Waals surface area contributed by atoms with Crippen LogP contribution in [0.5, 0.6) is 0 Å². The molecule has 0 atom stereocenters. The van der Waals surface area contributed by atoms with E-state index in [1.807, 2.05) is 24.6 Å². The Labute approximate surface area is 127 Å². The molecule has 7 heteroatoms. The zero-order valence-electron chi connectivity index (χ0n) is 11.6. The van der Waals surface area contributed by atoms with Crippen molar-refractivity contribution >= 4 is 39.5 Å². The van der Waals surface area contributed by atoms with Crippen molar-refractivity contribution in [1.29, 1.82) is 0 Å². The second-order valence-corrected chi connectivity index (χ2v) is 6.17. The summed E-state index contributed by atoms with van der Waals surface area (Å²) in [7, 11) is 0. The molecule has 1 aliphatic rings. The summed E-state index contributed by atoms with van der Waals surface area (Å²) < 4.78 is 0.814. The third-order valence-corrected chi connectivity index (χ3v) is 4.93. The first-order valence-electron chi connectivity index (χ1n) is 6.41. The lowest BCUT2D eigenvalue weighted by atomic mass is 10.3. The molecule has 1 aliphatic heterocycles. The molecule has 0 saturated carbocycles. The van der Waals surface area contributed by atoms with E-state index in [1.54, 1.807) is 6.20 Å². The van der Waals surface area contributed by atoms with Crippen LogP contribution in [0.2, 0.25) is 0 Å². The highest BCUT2D eigenvalue weighted by Gasteiger charge is 2.14. The van der Waals surface area contributed by atoms with E-state index >= 15 is 0 Å². The summed E-state index contributed by atoms with van der Waals surface area (Å²) in [5, 5.41) is 4.05. The highest BCUT2D eigenvalue weighted by molar-refractivity contribution is 8.38. The summed E-state index contributed by atoms with van der Waals surface area (Å²) in [6.45, 7) is 2.10. The molecule has 2 rings (SSSR count). The molecular formula is C13H18N4OS2. The number of pyridine rings is 1. The highest BCUT2D eigenvalue weighted by Crippen LogP contribution is 2.20. The number of nitrogens with one attached hydrogen (secondary N) is 1. The number of carbonyl (C=O) groups is 1. The number of amides is 1. The maximum Gasteiger partial charge on any atom is 0.290 e. The molecule has 1 amide bonds. The Morgan fingerprint density at radius 1 is 1.35 bits per heavy atom. The van der Waals surface area contributed by atoms with Crippen LogP contribution in [0.15, 0.2) is 23.4 Å². The largest absolute Gasteiger partial charge is 0.371 e. The van der Waals surface area contributed by atoms with E-state index in [-0.39, 0.29) is 5.91 Å². The standard InChI is InChI=1S/C13H18N4OS2/c1-19-13(20-2)16-15-12(18)11-9-10(5-6-14-11)17-7-3-4-8-17/h5-6,9H,3-4,7-8H2,1-2H3,(H,15,18). The van der Waals surface area contributed by atoms with Gasteiger partial charge in [0.2, 0.25) is 0 Å². The molecule has 1 saturated heterocycles. The first-order valence-corrected chi connectivity index (χ1v) is 8.86. The van der Waals surface area contributed by atoms with Crippen molar-refractivity contribution in [1.82, 2.24) is 10.4 Å². The highest BCUT2D eigenvalue weighted by atomic mass is 32.2. The van der Waals surface area contributed by atoms with Gasteiger partial charge >= 0.3 is 0 Å². The van der Waals surface area contributed by atoms with E-state index in [4.69, 9.17) is 0 Å². The lowest BCUT2D eigenvalue weighted by molar-refractivity contribution is 0.0950. The first kappa shape index (κ1) is 15.2. The van der Waals surface area contributed by atoms with Crippen molar-refractivity contribution in [2.45, 2.75) is 12.8 Å². The van der Waals surface area contributed by atoms with Gasteiger partial charge in [-0.05, 0) is 37.5 Å². The maximum absolute atomic E-state index is 12.0. The molecule has 1 N–H and O–H groups in total. The zero-order valence-corrected chi connectivity index (χ0v) is 13.3. The Hall–Kier alpha value is -1.21. The lowest BCUT2D eigenvalue weighted by Gasteiger charge is -2.17. The Bertz CT molecular complexity index is 495. The van der Waals surface area contributed by atoms with Gasteiger partial charge in [0, 0.05) is 25.0 Å². The number of hydrogen-bond donors (Lipinski definition) is 1. The minimum atomic E-state index is -0.272. The SMILES string of the molecule is CSC(=NNC(=O)c1cc(N2CCCC2)ccn1)SC. The Morgan fingerprint density at radius 2 is 2.05 bits per heavy atom. The minimum absolute atomic E-state index is 0.272. The van der Waals surface area contributed by atoms with Gasteiger partial charge in [0.05, 0.1) is 0 Å². The average molecular weight is 310 g/mol. The van der Waals surface area contributed by atoms with Crippen LogP contribution in [0.4, 0.5) is 5.69 Å². The van der Waals surface area contributed by atoms with Crippen LogP contribution >= 0.6 is 23.5 Å². The third-order valence-electron chi connectivity index (χ3n) is 3.05. The lowest BCUT2D eigenvalue weighted by Crippen LogP contribution is -2.22. The fourth-order valence-corrected chi connectivity index (χ4v) is 2.98. The molecule has 0 spiro atoms. The first-order chi connectivity index (χ1) is 9.74. The van der Waals surface area contributed by atoms with Gasteiger partial charge in [0.15, 0.2) is 0 Å². The number of hydrogen-bond acceptors (Lipinski definition) is 6. The second-order valence-electron chi connectivity index (χ2n) is 4.32. The van der Waals surface area contributed by atoms with Gasteiger partial charge in [-0.2, -0.15) is 5.10 Å². The monoisotopic (exact) mass is 310 g/mol. The van der Waals surface area contributed by atoms with Crippen LogP contribution in [-0.4, -0.2) is 40.9 Å². The smallest absolute Gasteiger partial charge is 0.290 e. The predicted octanol–water partition coefficient (Wildman–Crippen LogP) is 2.41. The van der Waals surface area contributed by atoms with E-state index in [0.29, 0.717) is 5.69 Å². The molecule has 0 radical (unpaired) electrons. The van der Waals surface area contributed by atoms with E-state index < -0.39 is 0 Å². The molecule has 0 unspecified atom stereocenters. The van der Waals surface area contributed by atoms with Crippen LogP contribution in [0.1, 0.15) is 23.3 Å². The Morgan fingerprint density at radius 3 is 2.70 bits per heavy atom. The van der Waals surface area contributed by atoms with Crippen molar-refractivity contribution in [3.8, 4) is 0 Å². The molecular weight excluding hydrogens is 292 g/mol. The quantitative estimate of drug-likeness (QED) is 0.528. The summed E-state index contributed by atoms with van der Waals surface area (Å²) in [5.41, 5.74) is 4.00. The summed E-state index contributed by atoms with van der Waals surface area (Å²) in [5.74, 6) is -0.272. The number of aromatic nitrogens is 1. The van der Waals surface area contributed by atoms with Crippen LogP contribution in [0, 0.1) is 0 Å². The summed E-state index contributed by atoms with van der Waals surface area (Å²) >= 11 is 3.00. The summed E-state index contributed by atoms with van der Waals surface area (Å²) in [6, 6.07) is 3.77. The van der Waals surface area contributed by atoms with Crippen LogP contribution in [0.3, 0.4) is 0 Å². The van der Waals surface area contributed by atoms with Crippen molar-refractivity contribution in [3.63, 3.8) is 0 Å². The molecule has 0 aromatic carbocycles. The molecule has 0 aliphatic carbocycles. The van der Waals surface area contributed by atoms with Crippen molar-refractivity contribution in [2.75, 3.05) is 30.5 Å². The van der Waals surface area contributed by atoms with Gasteiger partial charge in [-0.15, -0.1) is 23.5 Å². The Balaban J connectivity index is 2.06. The molecule has 20 heavy (non-hydrogen) atoms. The number of thioether (sulfide) groups is 2. The van der Waals surface area contributed by atoms with Gasteiger partial charge in [0.1, 0.15) is 10.1 Å². The normalized spacial score (nSPS) is 14.2. The average Bonchev–Trinajstić information content (AvgIpc) is 3.02. The minimum Gasteiger partial charge on any atom is -0.371 e. The van der Waals surface area contributed by atoms with Crippen LogP contribution in [0.25, 0.3) is 0 Å². The second kappa shape index (κ2) is 7.54. The summed E-state index contributed by atoms with van der Waals surface area (Å²) in [6.07, 6.45) is 7.94. The van der Waals surface area contributed by atoms with Gasteiger partial charge in [-0.25, -0.2) is 5.43 Å². The van der Waals surface area contributed by atoms with Gasteiger partial charge < -0.3 is 4.90 Å². The van der Waals surface area contributed by atoms with Crippen molar-refractivity contribution < 1.29 is 4.79 Å². The maximum atomic E-state index is 12.0. The molecule has 1 aromatic rings.